The summed E-state index contributed by atoms with van der Waals surface area (Å²) in [6.45, 7) is 6.63. The van der Waals surface area contributed by atoms with Crippen LogP contribution in [0.1, 0.15) is 30.0 Å². The van der Waals surface area contributed by atoms with E-state index in [4.69, 9.17) is 10.00 Å². The maximum atomic E-state index is 12.6. The normalized spacial score (nSPS) is 14.2. The molecule has 1 amide bonds. The van der Waals surface area contributed by atoms with Crippen LogP contribution in [-0.4, -0.2) is 42.2 Å². The summed E-state index contributed by atoms with van der Waals surface area (Å²) in [6.07, 6.45) is 0.206. The number of aryl methyl sites for hydroxylation is 2. The van der Waals surface area contributed by atoms with Crippen LogP contribution in [-0.2, 0) is 4.79 Å². The van der Waals surface area contributed by atoms with Gasteiger partial charge in [-0.15, -0.1) is 0 Å². The molecule has 0 radical (unpaired) electrons. The van der Waals surface area contributed by atoms with Crippen LogP contribution in [0.2, 0.25) is 0 Å². The molecule has 30 heavy (non-hydrogen) atoms. The van der Waals surface area contributed by atoms with Crippen molar-refractivity contribution in [3.63, 3.8) is 0 Å². The molecular formula is C23H25N5O2. The van der Waals surface area contributed by atoms with E-state index in [0.717, 1.165) is 22.7 Å². The molecule has 0 fully saturated rings. The van der Waals surface area contributed by atoms with E-state index in [9.17, 15) is 4.79 Å². The average Bonchev–Trinajstić information content (AvgIpc) is 2.75. The highest BCUT2D eigenvalue weighted by molar-refractivity contribution is 6.05. The summed E-state index contributed by atoms with van der Waals surface area (Å²) in [6, 6.07) is 15.5. The van der Waals surface area contributed by atoms with Gasteiger partial charge in [0.1, 0.15) is 18.5 Å². The molecule has 0 unspecified atom stereocenters. The topological polar surface area (TPSA) is 90.1 Å². The van der Waals surface area contributed by atoms with Gasteiger partial charge in [0.25, 0.3) is 0 Å². The third-order valence-corrected chi connectivity index (χ3v) is 4.93. The molecular weight excluding hydrogens is 378 g/mol. The van der Waals surface area contributed by atoms with Crippen LogP contribution in [0, 0.1) is 25.2 Å². The van der Waals surface area contributed by atoms with Crippen molar-refractivity contribution in [1.29, 1.82) is 5.26 Å². The second kappa shape index (κ2) is 9.70. The molecule has 2 aromatic carbocycles. The van der Waals surface area contributed by atoms with Crippen LogP contribution in [0.15, 0.2) is 52.6 Å². The Hall–Kier alpha value is -3.66. The molecule has 7 heteroatoms. The zero-order chi connectivity index (χ0) is 21.5. The highest BCUT2D eigenvalue weighted by Gasteiger charge is 2.21. The van der Waals surface area contributed by atoms with Gasteiger partial charge in [-0.2, -0.15) is 10.4 Å². The first-order chi connectivity index (χ1) is 14.5. The summed E-state index contributed by atoms with van der Waals surface area (Å²) in [7, 11) is 0. The van der Waals surface area contributed by atoms with Gasteiger partial charge in [-0.25, -0.2) is 5.01 Å². The van der Waals surface area contributed by atoms with Crippen molar-refractivity contribution in [3.05, 3.63) is 59.2 Å². The average molecular weight is 403 g/mol. The molecule has 1 aliphatic rings. The number of nitrogens with one attached hydrogen (secondary N) is 1. The van der Waals surface area contributed by atoms with Crippen molar-refractivity contribution in [3.8, 4) is 11.8 Å². The van der Waals surface area contributed by atoms with E-state index >= 15 is 0 Å². The van der Waals surface area contributed by atoms with E-state index in [-0.39, 0.29) is 25.6 Å². The summed E-state index contributed by atoms with van der Waals surface area (Å²) in [5.41, 5.74) is 5.71. The van der Waals surface area contributed by atoms with Gasteiger partial charge < -0.3 is 10.1 Å². The van der Waals surface area contributed by atoms with Gasteiger partial charge >= 0.3 is 0 Å². The first-order valence-corrected chi connectivity index (χ1v) is 9.76. The number of nitrogens with zero attached hydrogens (tertiary/aromatic N) is 4. The lowest BCUT2D eigenvalue weighted by molar-refractivity contribution is -0.130. The maximum Gasteiger partial charge on any atom is 0.250 e. The molecule has 0 aliphatic carbocycles. The van der Waals surface area contributed by atoms with E-state index in [1.165, 1.54) is 16.1 Å². The smallest absolute Gasteiger partial charge is 0.250 e. The summed E-state index contributed by atoms with van der Waals surface area (Å²) in [4.78, 5) is 17.1. The summed E-state index contributed by atoms with van der Waals surface area (Å²) >= 11 is 0. The number of ether oxygens (including phenoxy) is 1. The minimum atomic E-state index is -0.0843. The fourth-order valence-electron chi connectivity index (χ4n) is 3.02. The number of hydrogen-bond acceptors (Lipinski definition) is 6. The number of nitriles is 1. The van der Waals surface area contributed by atoms with Crippen LogP contribution < -0.4 is 10.1 Å². The first-order valence-electron chi connectivity index (χ1n) is 9.76. The van der Waals surface area contributed by atoms with E-state index < -0.39 is 0 Å². The van der Waals surface area contributed by atoms with Gasteiger partial charge in [-0.1, -0.05) is 24.3 Å². The highest BCUT2D eigenvalue weighted by Crippen LogP contribution is 2.23. The Morgan fingerprint density at radius 3 is 2.80 bits per heavy atom. The Morgan fingerprint density at radius 1 is 1.27 bits per heavy atom. The van der Waals surface area contributed by atoms with Gasteiger partial charge in [-0.05, 0) is 55.7 Å². The van der Waals surface area contributed by atoms with Gasteiger partial charge in [0.2, 0.25) is 5.91 Å². The number of rotatable bonds is 7. The predicted octanol–water partition coefficient (Wildman–Crippen LogP) is 3.67. The van der Waals surface area contributed by atoms with Crippen LogP contribution >= 0.6 is 0 Å². The number of hydrazone groups is 1. The zero-order valence-corrected chi connectivity index (χ0v) is 17.5. The standard InChI is InChI=1S/C23H25N5O2/c1-16-8-9-19(12-17(16)2)18(3)27-28-15-26-20(13-23(28)29)14-25-21-6-4-5-7-22(21)30-11-10-24/h4-9,12,25H,11,13-15H2,1-3H3. The number of benzene rings is 2. The fourth-order valence-corrected chi connectivity index (χ4v) is 3.02. The third-order valence-electron chi connectivity index (χ3n) is 4.93. The molecule has 7 nitrogen and oxygen atoms in total. The largest absolute Gasteiger partial charge is 0.477 e. The fraction of sp³-hybridized carbons (Fsp3) is 0.304. The molecule has 2 aromatic rings. The third kappa shape index (κ3) is 5.23. The summed E-state index contributed by atoms with van der Waals surface area (Å²) < 4.78 is 5.41. The number of amides is 1. The number of carbonyl (C=O) groups excluding carboxylic acids is 1. The van der Waals surface area contributed by atoms with Crippen molar-refractivity contribution < 1.29 is 9.53 Å². The van der Waals surface area contributed by atoms with Gasteiger partial charge in [0.15, 0.2) is 6.61 Å². The number of anilines is 1. The van der Waals surface area contributed by atoms with Crippen LogP contribution in [0.25, 0.3) is 0 Å². The van der Waals surface area contributed by atoms with Crippen molar-refractivity contribution >= 4 is 23.0 Å². The van der Waals surface area contributed by atoms with Crippen molar-refractivity contribution in [1.82, 2.24) is 5.01 Å². The second-order valence-corrected chi connectivity index (χ2v) is 7.12. The molecule has 154 valence electrons. The molecule has 3 rings (SSSR count). The quantitative estimate of drug-likeness (QED) is 0.714. The molecule has 1 N–H and O–H groups in total. The minimum Gasteiger partial charge on any atom is -0.477 e. The van der Waals surface area contributed by atoms with Crippen molar-refractivity contribution in [2.75, 3.05) is 25.1 Å². The van der Waals surface area contributed by atoms with Crippen LogP contribution in [0.4, 0.5) is 5.69 Å². The molecule has 0 saturated carbocycles. The Labute approximate surface area is 176 Å². The summed E-state index contributed by atoms with van der Waals surface area (Å²) in [5, 5.41) is 17.8. The lowest BCUT2D eigenvalue weighted by Gasteiger charge is -2.22. The maximum absolute atomic E-state index is 12.6. The van der Waals surface area contributed by atoms with Gasteiger partial charge in [-0.3, -0.25) is 9.79 Å². The Bertz CT molecular complexity index is 1040. The zero-order valence-electron chi connectivity index (χ0n) is 17.5. The second-order valence-electron chi connectivity index (χ2n) is 7.12. The number of para-hydroxylation sites is 2. The minimum absolute atomic E-state index is 0.0229. The molecule has 0 aromatic heterocycles. The number of aliphatic imine (C=N–C) groups is 1. The highest BCUT2D eigenvalue weighted by atomic mass is 16.5. The van der Waals surface area contributed by atoms with E-state index in [1.807, 2.05) is 37.3 Å². The van der Waals surface area contributed by atoms with E-state index in [2.05, 4.69) is 41.4 Å². The Morgan fingerprint density at radius 2 is 2.07 bits per heavy atom. The SMILES string of the molecule is CC(=NN1CN=C(CNc2ccccc2OCC#N)CC1=O)c1ccc(C)c(C)c1. The van der Waals surface area contributed by atoms with Gasteiger partial charge in [0.05, 0.1) is 24.4 Å². The summed E-state index contributed by atoms with van der Waals surface area (Å²) in [5.74, 6) is 0.510. The predicted molar refractivity (Wildman–Crippen MR) is 118 cm³/mol. The first kappa shape index (κ1) is 21.1. The lowest BCUT2D eigenvalue weighted by Crippen LogP contribution is -2.35. The lowest BCUT2D eigenvalue weighted by atomic mass is 10.0. The van der Waals surface area contributed by atoms with E-state index in [1.54, 1.807) is 6.07 Å². The number of hydrogen-bond donors (Lipinski definition) is 1. The molecule has 0 atom stereocenters. The van der Waals surface area contributed by atoms with Crippen molar-refractivity contribution in [2.45, 2.75) is 27.2 Å². The number of carbonyl (C=O) groups is 1. The molecule has 0 saturated heterocycles. The van der Waals surface area contributed by atoms with Gasteiger partial charge in [0, 0.05) is 5.71 Å². The molecule has 0 spiro atoms. The Balaban J connectivity index is 1.63. The monoisotopic (exact) mass is 403 g/mol. The Kier molecular flexibility index (Phi) is 6.81. The van der Waals surface area contributed by atoms with E-state index in [0.29, 0.717) is 12.3 Å². The van der Waals surface area contributed by atoms with Crippen LogP contribution in [0.3, 0.4) is 0 Å². The van der Waals surface area contributed by atoms with Crippen LogP contribution in [0.5, 0.6) is 5.75 Å². The molecule has 1 aliphatic heterocycles. The molecule has 1 heterocycles. The van der Waals surface area contributed by atoms with Crippen molar-refractivity contribution in [2.24, 2.45) is 10.1 Å². The molecule has 0 bridgehead atoms.